The molecule has 3 atom stereocenters. The molecule has 1 saturated heterocycles. The van der Waals surface area contributed by atoms with E-state index in [2.05, 4.69) is 5.11 Å². The van der Waals surface area contributed by atoms with Crippen LogP contribution in [0.15, 0.2) is 90.0 Å². The van der Waals surface area contributed by atoms with E-state index in [1.165, 1.54) is 24.0 Å². The molecule has 0 spiro atoms. The number of urea groups is 1. The van der Waals surface area contributed by atoms with E-state index < -0.39 is 66.3 Å². The maximum absolute atomic E-state index is 14.3. The van der Waals surface area contributed by atoms with Crippen LogP contribution < -0.4 is 10.6 Å². The number of carbonyl (C=O) groups is 6. The van der Waals surface area contributed by atoms with Gasteiger partial charge >= 0.3 is 23.9 Å². The van der Waals surface area contributed by atoms with Crippen molar-refractivity contribution in [1.82, 2.24) is 9.80 Å². The number of carboxylic acid groups (broad SMARTS) is 1. The van der Waals surface area contributed by atoms with Gasteiger partial charge in [0.15, 0.2) is 0 Å². The summed E-state index contributed by atoms with van der Waals surface area (Å²) in [5, 5.41) is 12.3. The number of nitrogens with two attached hydrogens (primary N) is 1. The Morgan fingerprint density at radius 3 is 2.13 bits per heavy atom. The zero-order valence-corrected chi connectivity index (χ0v) is 25.7. The molecule has 244 valence electrons. The highest BCUT2D eigenvalue weighted by Crippen LogP contribution is 2.40. The van der Waals surface area contributed by atoms with Gasteiger partial charge in [-0.25, -0.2) is 24.8 Å². The van der Waals surface area contributed by atoms with Gasteiger partial charge in [0.2, 0.25) is 0 Å². The first-order chi connectivity index (χ1) is 22.4. The van der Waals surface area contributed by atoms with Gasteiger partial charge in [0.1, 0.15) is 24.2 Å². The molecule has 14 nitrogen and oxygen atoms in total. The molecule has 3 aromatic rings. The normalized spacial score (nSPS) is 17.2. The van der Waals surface area contributed by atoms with E-state index in [9.17, 15) is 28.8 Å². The van der Waals surface area contributed by atoms with Crippen LogP contribution in [0.5, 0.6) is 0 Å². The van der Waals surface area contributed by atoms with Gasteiger partial charge in [-0.2, -0.15) is 5.11 Å². The molecule has 0 saturated carbocycles. The van der Waals surface area contributed by atoms with Gasteiger partial charge < -0.3 is 20.5 Å². The Kier molecular flexibility index (Phi) is 10.6. The fourth-order valence-electron chi connectivity index (χ4n) is 5.26. The summed E-state index contributed by atoms with van der Waals surface area (Å²) < 4.78 is 4.73. The highest BCUT2D eigenvalue weighted by atomic mass is 16.6. The van der Waals surface area contributed by atoms with E-state index in [1.54, 1.807) is 73.7 Å². The van der Waals surface area contributed by atoms with Crippen molar-refractivity contribution in [2.45, 2.75) is 51.0 Å². The lowest BCUT2D eigenvalue weighted by Crippen LogP contribution is -2.52. The first kappa shape index (κ1) is 34.1. The summed E-state index contributed by atoms with van der Waals surface area (Å²) in [7, 11) is 0. The SMILES string of the molecule is C[C@H](C(=O)N(CC(=O)OC(=O)[C@@H](N)CC(=O)O)c1ccccc1)N1C(=O)N(Cc2ccccc2)[C@](C)(c2ccc(CN=N)cc2)C1=O. The summed E-state index contributed by atoms with van der Waals surface area (Å²) >= 11 is 0. The Morgan fingerprint density at radius 1 is 0.957 bits per heavy atom. The number of hydrogen-bond acceptors (Lipinski definition) is 10. The minimum absolute atomic E-state index is 0.0383. The summed E-state index contributed by atoms with van der Waals surface area (Å²) in [6.07, 6.45) is -0.774. The molecule has 14 heteroatoms. The molecule has 0 aromatic heterocycles. The maximum atomic E-state index is 14.3. The third-order valence-corrected chi connectivity index (χ3v) is 7.85. The van der Waals surface area contributed by atoms with Crippen LogP contribution in [0, 0.1) is 5.53 Å². The first-order valence-electron chi connectivity index (χ1n) is 14.6. The highest BCUT2D eigenvalue weighted by Gasteiger charge is 2.57. The molecule has 0 bridgehead atoms. The monoisotopic (exact) mass is 642 g/mol. The van der Waals surface area contributed by atoms with Crippen molar-refractivity contribution in [2.24, 2.45) is 10.8 Å². The zero-order valence-electron chi connectivity index (χ0n) is 25.7. The van der Waals surface area contributed by atoms with Crippen LogP contribution in [0.4, 0.5) is 10.5 Å². The molecule has 4 amide bonds. The van der Waals surface area contributed by atoms with Gasteiger partial charge in [-0.1, -0.05) is 72.8 Å². The topological polar surface area (TPSA) is 204 Å². The number of aliphatic carboxylic acids is 1. The largest absolute Gasteiger partial charge is 0.481 e. The number of carbonyl (C=O) groups excluding carboxylic acids is 5. The molecule has 4 rings (SSSR count). The molecule has 47 heavy (non-hydrogen) atoms. The van der Waals surface area contributed by atoms with Crippen LogP contribution in [-0.2, 0) is 47.3 Å². The predicted molar refractivity (Wildman–Crippen MR) is 166 cm³/mol. The summed E-state index contributed by atoms with van der Waals surface area (Å²) in [5.41, 5.74) is 13.3. The number of nitrogens with one attached hydrogen (secondary N) is 1. The number of hydrogen-bond donors (Lipinski definition) is 3. The second kappa shape index (κ2) is 14.6. The van der Waals surface area contributed by atoms with Crippen LogP contribution in [0.3, 0.4) is 0 Å². The third-order valence-electron chi connectivity index (χ3n) is 7.85. The molecule has 0 unspecified atom stereocenters. The van der Waals surface area contributed by atoms with Gasteiger partial charge in [-0.15, -0.1) is 0 Å². The molecular formula is C33H34N6O8. The molecule has 4 N–H and O–H groups in total. The van der Waals surface area contributed by atoms with Crippen molar-refractivity contribution < 1.29 is 38.6 Å². The second-order valence-corrected chi connectivity index (χ2v) is 11.0. The highest BCUT2D eigenvalue weighted by molar-refractivity contribution is 6.12. The summed E-state index contributed by atoms with van der Waals surface area (Å²) in [6, 6.07) is 19.9. The van der Waals surface area contributed by atoms with Crippen molar-refractivity contribution in [2.75, 3.05) is 11.4 Å². The van der Waals surface area contributed by atoms with Crippen LogP contribution >= 0.6 is 0 Å². The summed E-state index contributed by atoms with van der Waals surface area (Å²) in [4.78, 5) is 81.7. The smallest absolute Gasteiger partial charge is 0.333 e. The molecule has 1 aliphatic rings. The standard InChI is InChI=1S/C33H34N6O8/c1-21(29(43)37(25-11-7-4-8-12-25)20-28(42)47-30(44)26(34)17-27(40)41)39-31(45)33(2,24-15-13-22(14-16-24)18-36-35)38(32(39)46)19-23-9-5-3-6-10-23/h3-16,21,26,35H,17-20,34H2,1-2H3,(H,40,41)/t21-,26+,33-/m1/s1. The number of imide groups is 1. The quantitative estimate of drug-likeness (QED) is 0.108. The van der Waals surface area contributed by atoms with Gasteiger partial charge in [-0.05, 0) is 42.7 Å². The average Bonchev–Trinajstić information content (AvgIpc) is 3.24. The minimum atomic E-state index is -1.61. The van der Waals surface area contributed by atoms with Gasteiger partial charge in [0, 0.05) is 12.2 Å². The first-order valence-corrected chi connectivity index (χ1v) is 14.6. The fraction of sp³-hybridized carbons (Fsp3) is 0.273. The lowest BCUT2D eigenvalue weighted by Gasteiger charge is -2.32. The van der Waals surface area contributed by atoms with E-state index in [0.717, 1.165) is 20.9 Å². The Bertz CT molecular complexity index is 1670. The van der Waals surface area contributed by atoms with Crippen LogP contribution in [0.2, 0.25) is 0 Å². The predicted octanol–water partition coefficient (Wildman–Crippen LogP) is 3.19. The Hall–Kier alpha value is -5.76. The van der Waals surface area contributed by atoms with Crippen molar-refractivity contribution in [3.8, 4) is 0 Å². The Labute approximate surface area is 270 Å². The van der Waals surface area contributed by atoms with Crippen molar-refractivity contribution in [3.63, 3.8) is 0 Å². The second-order valence-electron chi connectivity index (χ2n) is 11.0. The number of amides is 4. The number of carboxylic acids is 1. The fourth-order valence-corrected chi connectivity index (χ4v) is 5.26. The average molecular weight is 643 g/mol. The number of nitrogens with zero attached hydrogens (tertiary/aromatic N) is 4. The van der Waals surface area contributed by atoms with E-state index in [4.69, 9.17) is 21.1 Å². The van der Waals surface area contributed by atoms with Gasteiger partial charge in [-0.3, -0.25) is 19.3 Å². The number of ether oxygens (including phenoxy) is 1. The Morgan fingerprint density at radius 2 is 1.55 bits per heavy atom. The summed E-state index contributed by atoms with van der Waals surface area (Å²) in [6.45, 7) is 2.33. The minimum Gasteiger partial charge on any atom is -0.481 e. The molecule has 3 aromatic carbocycles. The van der Waals surface area contributed by atoms with Crippen molar-refractivity contribution in [3.05, 3.63) is 102 Å². The molecule has 1 aliphatic heterocycles. The van der Waals surface area contributed by atoms with Crippen molar-refractivity contribution >= 4 is 41.4 Å². The number of anilines is 1. The van der Waals surface area contributed by atoms with Crippen molar-refractivity contribution in [1.29, 1.82) is 5.53 Å². The van der Waals surface area contributed by atoms with Crippen LogP contribution in [0.25, 0.3) is 0 Å². The molecule has 1 heterocycles. The number of esters is 2. The van der Waals surface area contributed by atoms with E-state index in [-0.39, 0.29) is 18.8 Å². The lowest BCUT2D eigenvalue weighted by molar-refractivity contribution is -0.161. The van der Waals surface area contributed by atoms with E-state index in [1.807, 2.05) is 6.07 Å². The maximum Gasteiger partial charge on any atom is 0.333 e. The third kappa shape index (κ3) is 7.39. The van der Waals surface area contributed by atoms with Crippen LogP contribution in [0.1, 0.15) is 37.0 Å². The van der Waals surface area contributed by atoms with E-state index >= 15 is 0 Å². The summed E-state index contributed by atoms with van der Waals surface area (Å²) in [5.74, 6) is -5.36. The molecule has 1 fully saturated rings. The van der Waals surface area contributed by atoms with Gasteiger partial charge in [0.05, 0.1) is 13.0 Å². The number of para-hydroxylation sites is 1. The Balaban J connectivity index is 1.67. The van der Waals surface area contributed by atoms with Crippen LogP contribution in [-0.4, -0.2) is 69.3 Å². The lowest BCUT2D eigenvalue weighted by atomic mass is 9.89. The molecular weight excluding hydrogens is 608 g/mol. The molecule has 0 aliphatic carbocycles. The number of rotatable bonds is 13. The zero-order chi connectivity index (χ0) is 34.3. The van der Waals surface area contributed by atoms with E-state index in [0.29, 0.717) is 5.56 Å². The molecule has 0 radical (unpaired) electrons. The van der Waals surface area contributed by atoms with Gasteiger partial charge in [0.25, 0.3) is 11.8 Å². The number of benzene rings is 3.